The molecule has 86 valence electrons. The minimum atomic E-state index is -0.267. The highest BCUT2D eigenvalue weighted by molar-refractivity contribution is 6.62. The second-order valence-corrected chi connectivity index (χ2v) is 5.18. The van der Waals surface area contributed by atoms with Gasteiger partial charge in [-0.05, 0) is 24.0 Å². The van der Waals surface area contributed by atoms with E-state index in [9.17, 15) is 0 Å². The Morgan fingerprint density at radius 3 is 2.50 bits per heavy atom. The summed E-state index contributed by atoms with van der Waals surface area (Å²) in [6, 6.07) is 5.84. The molecular formula is C12H18BNO2. The van der Waals surface area contributed by atoms with Crippen LogP contribution in [0.25, 0.3) is 0 Å². The van der Waals surface area contributed by atoms with Gasteiger partial charge in [0.2, 0.25) is 0 Å². The molecule has 0 aliphatic carbocycles. The molecule has 0 saturated carbocycles. The van der Waals surface area contributed by atoms with Gasteiger partial charge in [0, 0.05) is 24.3 Å². The number of nitrogen functional groups attached to an aromatic ring is 1. The van der Waals surface area contributed by atoms with Crippen molar-refractivity contribution in [3.05, 3.63) is 23.8 Å². The van der Waals surface area contributed by atoms with E-state index >= 15 is 0 Å². The maximum atomic E-state index is 5.87. The highest BCUT2D eigenvalue weighted by Crippen LogP contribution is 2.22. The van der Waals surface area contributed by atoms with Crippen LogP contribution in [0.3, 0.4) is 0 Å². The molecule has 1 fully saturated rings. The van der Waals surface area contributed by atoms with Gasteiger partial charge in [0.15, 0.2) is 0 Å². The van der Waals surface area contributed by atoms with E-state index in [4.69, 9.17) is 15.0 Å². The highest BCUT2D eigenvalue weighted by atomic mass is 16.6. The number of benzene rings is 1. The predicted molar refractivity (Wildman–Crippen MR) is 66.7 cm³/mol. The molecule has 1 aliphatic rings. The average Bonchev–Trinajstić information content (AvgIpc) is 2.23. The fourth-order valence-corrected chi connectivity index (χ4v) is 1.80. The van der Waals surface area contributed by atoms with E-state index in [1.807, 2.05) is 25.1 Å². The summed E-state index contributed by atoms with van der Waals surface area (Å²) in [5.41, 5.74) is 8.84. The first-order valence-corrected chi connectivity index (χ1v) is 5.58. The zero-order valence-electron chi connectivity index (χ0n) is 10.1. The summed E-state index contributed by atoms with van der Waals surface area (Å²) in [6.07, 6.45) is 0. The van der Waals surface area contributed by atoms with Crippen LogP contribution in [0.4, 0.5) is 5.69 Å². The maximum absolute atomic E-state index is 5.87. The van der Waals surface area contributed by atoms with Gasteiger partial charge in [-0.1, -0.05) is 26.0 Å². The van der Waals surface area contributed by atoms with E-state index < -0.39 is 0 Å². The van der Waals surface area contributed by atoms with Crippen molar-refractivity contribution in [2.24, 2.45) is 5.41 Å². The summed E-state index contributed by atoms with van der Waals surface area (Å²) >= 11 is 0. The SMILES string of the molecule is Cc1c(N)cccc1B1OCC(C)(C)CO1. The van der Waals surface area contributed by atoms with Crippen LogP contribution in [0.1, 0.15) is 19.4 Å². The van der Waals surface area contributed by atoms with E-state index in [0.717, 1.165) is 16.7 Å². The van der Waals surface area contributed by atoms with E-state index in [-0.39, 0.29) is 12.5 Å². The molecular weight excluding hydrogens is 201 g/mol. The molecule has 0 unspecified atom stereocenters. The normalized spacial score (nSPS) is 19.8. The lowest BCUT2D eigenvalue weighted by Gasteiger charge is -2.33. The molecule has 1 aromatic carbocycles. The second kappa shape index (κ2) is 4.11. The van der Waals surface area contributed by atoms with Crippen LogP contribution in [0, 0.1) is 12.3 Å². The molecule has 1 heterocycles. The Balaban J connectivity index is 2.17. The molecule has 1 saturated heterocycles. The maximum Gasteiger partial charge on any atom is 0.494 e. The van der Waals surface area contributed by atoms with Crippen molar-refractivity contribution in [3.8, 4) is 0 Å². The van der Waals surface area contributed by atoms with Crippen molar-refractivity contribution < 1.29 is 9.31 Å². The molecule has 2 N–H and O–H groups in total. The number of nitrogens with two attached hydrogens (primary N) is 1. The van der Waals surface area contributed by atoms with Gasteiger partial charge < -0.3 is 15.0 Å². The van der Waals surface area contributed by atoms with Crippen molar-refractivity contribution in [3.63, 3.8) is 0 Å². The Labute approximate surface area is 97.1 Å². The van der Waals surface area contributed by atoms with Crippen LogP contribution in [-0.4, -0.2) is 20.3 Å². The van der Waals surface area contributed by atoms with E-state index in [1.165, 1.54) is 0 Å². The van der Waals surface area contributed by atoms with Crippen molar-refractivity contribution >= 4 is 18.3 Å². The lowest BCUT2D eigenvalue weighted by Crippen LogP contribution is -2.48. The average molecular weight is 219 g/mol. The van der Waals surface area contributed by atoms with E-state index in [2.05, 4.69) is 13.8 Å². The molecule has 3 nitrogen and oxygen atoms in total. The number of rotatable bonds is 1. The van der Waals surface area contributed by atoms with Crippen molar-refractivity contribution in [2.45, 2.75) is 20.8 Å². The van der Waals surface area contributed by atoms with Gasteiger partial charge in [-0.15, -0.1) is 0 Å². The van der Waals surface area contributed by atoms with Gasteiger partial charge in [0.05, 0.1) is 0 Å². The third kappa shape index (κ3) is 2.23. The Morgan fingerprint density at radius 2 is 1.88 bits per heavy atom. The number of anilines is 1. The summed E-state index contributed by atoms with van der Waals surface area (Å²) in [6.45, 7) is 7.69. The van der Waals surface area contributed by atoms with Crippen LogP contribution >= 0.6 is 0 Å². The summed E-state index contributed by atoms with van der Waals surface area (Å²) < 4.78 is 11.5. The largest absolute Gasteiger partial charge is 0.494 e. The van der Waals surface area contributed by atoms with Gasteiger partial charge in [-0.2, -0.15) is 0 Å². The summed E-state index contributed by atoms with van der Waals surface area (Å²) in [5, 5.41) is 0. The highest BCUT2D eigenvalue weighted by Gasteiger charge is 2.34. The van der Waals surface area contributed by atoms with Crippen molar-refractivity contribution in [1.29, 1.82) is 0 Å². The van der Waals surface area contributed by atoms with Crippen LogP contribution < -0.4 is 11.2 Å². The first-order chi connectivity index (χ1) is 7.49. The quantitative estimate of drug-likeness (QED) is 0.572. The standard InChI is InChI=1S/C12H18BNO2/c1-9-10(5-4-6-11(9)14)13-15-7-12(2,3)8-16-13/h4-6H,7-8,14H2,1-3H3. The smallest absolute Gasteiger partial charge is 0.407 e. The molecule has 0 radical (unpaired) electrons. The lowest BCUT2D eigenvalue weighted by atomic mass is 9.73. The van der Waals surface area contributed by atoms with Crippen molar-refractivity contribution in [1.82, 2.24) is 0 Å². The molecule has 0 aromatic heterocycles. The number of hydrogen-bond acceptors (Lipinski definition) is 3. The predicted octanol–water partition coefficient (Wildman–Crippen LogP) is 1.35. The molecule has 0 amide bonds. The molecule has 0 spiro atoms. The lowest BCUT2D eigenvalue weighted by molar-refractivity contribution is 0.0343. The molecule has 4 heteroatoms. The third-order valence-electron chi connectivity index (χ3n) is 2.92. The Morgan fingerprint density at radius 1 is 1.25 bits per heavy atom. The van der Waals surface area contributed by atoms with Crippen molar-refractivity contribution in [2.75, 3.05) is 18.9 Å². The molecule has 1 aliphatic heterocycles. The van der Waals surface area contributed by atoms with Gasteiger partial charge in [-0.3, -0.25) is 0 Å². The fraction of sp³-hybridized carbons (Fsp3) is 0.500. The zero-order chi connectivity index (χ0) is 11.8. The number of hydrogen-bond donors (Lipinski definition) is 1. The summed E-state index contributed by atoms with van der Waals surface area (Å²) in [7, 11) is -0.267. The van der Waals surface area contributed by atoms with Gasteiger partial charge in [0.25, 0.3) is 0 Å². The second-order valence-electron chi connectivity index (χ2n) is 5.18. The fourth-order valence-electron chi connectivity index (χ4n) is 1.80. The minimum Gasteiger partial charge on any atom is -0.407 e. The zero-order valence-corrected chi connectivity index (χ0v) is 10.1. The summed E-state index contributed by atoms with van der Waals surface area (Å²) in [5.74, 6) is 0. The molecule has 1 aromatic rings. The molecule has 16 heavy (non-hydrogen) atoms. The first kappa shape index (κ1) is 11.5. The molecule has 0 atom stereocenters. The first-order valence-electron chi connectivity index (χ1n) is 5.58. The van der Waals surface area contributed by atoms with Gasteiger partial charge >= 0.3 is 7.12 Å². The minimum absolute atomic E-state index is 0.102. The van der Waals surface area contributed by atoms with Crippen LogP contribution in [0.2, 0.25) is 0 Å². The van der Waals surface area contributed by atoms with Crippen LogP contribution in [-0.2, 0) is 9.31 Å². The van der Waals surface area contributed by atoms with E-state index in [1.54, 1.807) is 0 Å². The summed E-state index contributed by atoms with van der Waals surface area (Å²) in [4.78, 5) is 0. The van der Waals surface area contributed by atoms with Gasteiger partial charge in [0.1, 0.15) is 0 Å². The molecule has 2 rings (SSSR count). The topological polar surface area (TPSA) is 44.5 Å². The monoisotopic (exact) mass is 219 g/mol. The molecule has 0 bridgehead atoms. The Kier molecular flexibility index (Phi) is 2.95. The van der Waals surface area contributed by atoms with E-state index in [0.29, 0.717) is 13.2 Å². The Bertz CT molecular complexity index is 383. The Hall–Kier alpha value is -0.995. The van der Waals surface area contributed by atoms with Gasteiger partial charge in [-0.25, -0.2) is 0 Å². The van der Waals surface area contributed by atoms with Crippen LogP contribution in [0.5, 0.6) is 0 Å². The third-order valence-corrected chi connectivity index (χ3v) is 2.92. The van der Waals surface area contributed by atoms with Crippen LogP contribution in [0.15, 0.2) is 18.2 Å².